The van der Waals surface area contributed by atoms with Gasteiger partial charge in [0.15, 0.2) is 0 Å². The van der Waals surface area contributed by atoms with Gasteiger partial charge in [-0.05, 0) is 55.5 Å². The van der Waals surface area contributed by atoms with E-state index in [2.05, 4.69) is 21.7 Å². The van der Waals surface area contributed by atoms with Crippen LogP contribution in [0.4, 0.5) is 5.69 Å². The topological polar surface area (TPSA) is 55.2 Å². The van der Waals surface area contributed by atoms with Crippen LogP contribution in [0.25, 0.3) is 16.7 Å². The molecule has 3 aromatic rings. The summed E-state index contributed by atoms with van der Waals surface area (Å²) in [6.45, 7) is 1.96. The molecular weight excluding hydrogens is 350 g/mol. The lowest BCUT2D eigenvalue weighted by Gasteiger charge is -2.17. The van der Waals surface area contributed by atoms with E-state index in [1.807, 2.05) is 55.5 Å². The van der Waals surface area contributed by atoms with E-state index in [9.17, 15) is 9.59 Å². The van der Waals surface area contributed by atoms with Crippen molar-refractivity contribution in [3.8, 4) is 5.69 Å². The number of para-hydroxylation sites is 1. The van der Waals surface area contributed by atoms with E-state index >= 15 is 0 Å². The van der Waals surface area contributed by atoms with Crippen LogP contribution in [0.2, 0.25) is 0 Å². The van der Waals surface area contributed by atoms with Crippen LogP contribution in [0.5, 0.6) is 0 Å². The molecule has 4 atom stereocenters. The number of hydrogen-bond donors (Lipinski definition) is 0. The maximum absolute atomic E-state index is 13.1. The first kappa shape index (κ1) is 15.8. The molecule has 5 nitrogen and oxygen atoms in total. The van der Waals surface area contributed by atoms with E-state index in [4.69, 9.17) is 0 Å². The number of allylic oxidation sites excluding steroid dienone is 2. The highest BCUT2D eigenvalue weighted by atomic mass is 16.2. The van der Waals surface area contributed by atoms with Gasteiger partial charge in [0, 0.05) is 5.69 Å². The van der Waals surface area contributed by atoms with Gasteiger partial charge in [0.2, 0.25) is 11.8 Å². The van der Waals surface area contributed by atoms with E-state index in [0.717, 1.165) is 29.0 Å². The highest BCUT2D eigenvalue weighted by Gasteiger charge is 2.59. The monoisotopic (exact) mass is 369 g/mol. The van der Waals surface area contributed by atoms with Crippen molar-refractivity contribution in [2.75, 3.05) is 4.90 Å². The Morgan fingerprint density at radius 3 is 2.25 bits per heavy atom. The zero-order chi connectivity index (χ0) is 19.0. The van der Waals surface area contributed by atoms with Crippen molar-refractivity contribution in [2.45, 2.75) is 13.3 Å². The van der Waals surface area contributed by atoms with Crippen LogP contribution in [-0.2, 0) is 9.59 Å². The summed E-state index contributed by atoms with van der Waals surface area (Å²) in [5, 5.41) is 0. The van der Waals surface area contributed by atoms with Gasteiger partial charge in [-0.3, -0.25) is 14.2 Å². The zero-order valence-electron chi connectivity index (χ0n) is 15.4. The molecule has 28 heavy (non-hydrogen) atoms. The van der Waals surface area contributed by atoms with Gasteiger partial charge in [-0.2, -0.15) is 0 Å². The standard InChI is InChI=1S/C23H19N3O2/c1-13-24-18-12-17(9-10-19(18)25(13)16-5-3-2-4-6-16)26-22(27)20-14-7-8-15(11-14)21(20)23(26)28/h2-10,12,14-15,20-21H,11H2,1H3/t14-,15+,20-,21+. The van der Waals surface area contributed by atoms with Crippen molar-refractivity contribution in [3.63, 3.8) is 0 Å². The lowest BCUT2D eigenvalue weighted by atomic mass is 9.85. The summed E-state index contributed by atoms with van der Waals surface area (Å²) < 4.78 is 2.09. The molecule has 2 aromatic carbocycles. The predicted octanol–water partition coefficient (Wildman–Crippen LogP) is 3.65. The summed E-state index contributed by atoms with van der Waals surface area (Å²) in [7, 11) is 0. The molecule has 0 N–H and O–H groups in total. The van der Waals surface area contributed by atoms with Crippen molar-refractivity contribution >= 4 is 28.5 Å². The Hall–Kier alpha value is -3.21. The lowest BCUT2D eigenvalue weighted by molar-refractivity contribution is -0.123. The van der Waals surface area contributed by atoms with Crippen LogP contribution in [-0.4, -0.2) is 21.4 Å². The Morgan fingerprint density at radius 1 is 0.893 bits per heavy atom. The Labute approximate surface area is 162 Å². The van der Waals surface area contributed by atoms with E-state index in [0.29, 0.717) is 5.69 Å². The first-order valence-corrected chi connectivity index (χ1v) is 9.74. The summed E-state index contributed by atoms with van der Waals surface area (Å²) >= 11 is 0. The number of anilines is 1. The van der Waals surface area contributed by atoms with Crippen molar-refractivity contribution < 1.29 is 9.59 Å². The van der Waals surface area contributed by atoms with Gasteiger partial charge < -0.3 is 0 Å². The highest BCUT2D eigenvalue weighted by Crippen LogP contribution is 2.53. The molecule has 1 aliphatic heterocycles. The number of nitrogens with zero attached hydrogens (tertiary/aromatic N) is 3. The Bertz CT molecular complexity index is 1150. The third kappa shape index (κ3) is 1.93. The van der Waals surface area contributed by atoms with Crippen molar-refractivity contribution in [1.29, 1.82) is 0 Å². The SMILES string of the molecule is Cc1nc2cc(N3C(=O)[C@@H]4[C@H](C3=O)[C@@H]3C=C[C@H]4C3)ccc2n1-c1ccccc1. The highest BCUT2D eigenvalue weighted by molar-refractivity contribution is 6.23. The molecule has 6 rings (SSSR count). The van der Waals surface area contributed by atoms with Gasteiger partial charge >= 0.3 is 0 Å². The number of aryl methyl sites for hydroxylation is 1. The number of amides is 2. The van der Waals surface area contributed by atoms with Crippen molar-refractivity contribution in [1.82, 2.24) is 9.55 Å². The van der Waals surface area contributed by atoms with Gasteiger partial charge in [-0.25, -0.2) is 9.88 Å². The lowest BCUT2D eigenvalue weighted by Crippen LogP contribution is -2.32. The minimum absolute atomic E-state index is 0.0505. The Morgan fingerprint density at radius 2 is 1.57 bits per heavy atom. The molecule has 2 aliphatic carbocycles. The summed E-state index contributed by atoms with van der Waals surface area (Å²) in [4.78, 5) is 32.2. The molecule has 2 bridgehead atoms. The number of carbonyl (C=O) groups excluding carboxylic acids is 2. The van der Waals surface area contributed by atoms with Gasteiger partial charge in [0.25, 0.3) is 0 Å². The largest absolute Gasteiger partial charge is 0.297 e. The summed E-state index contributed by atoms with van der Waals surface area (Å²) in [5.74, 6) is 0.857. The predicted molar refractivity (Wildman–Crippen MR) is 106 cm³/mol. The summed E-state index contributed by atoms with van der Waals surface area (Å²) in [6.07, 6.45) is 5.18. The van der Waals surface area contributed by atoms with E-state index < -0.39 is 0 Å². The second-order valence-electron chi connectivity index (χ2n) is 8.01. The molecule has 3 aliphatic rings. The number of benzene rings is 2. The normalized spacial score (nSPS) is 28.0. The molecule has 2 fully saturated rings. The van der Waals surface area contributed by atoms with Crippen molar-refractivity contribution in [2.24, 2.45) is 23.7 Å². The zero-order valence-corrected chi connectivity index (χ0v) is 15.4. The Kier molecular flexibility index (Phi) is 3.05. The summed E-state index contributed by atoms with van der Waals surface area (Å²) in [6, 6.07) is 15.8. The fourth-order valence-corrected chi connectivity index (χ4v) is 5.39. The maximum atomic E-state index is 13.1. The van der Waals surface area contributed by atoms with Gasteiger partial charge in [-0.15, -0.1) is 0 Å². The average Bonchev–Trinajstić information content (AvgIpc) is 3.44. The second kappa shape index (κ2) is 5.41. The van der Waals surface area contributed by atoms with Crippen LogP contribution in [0.3, 0.4) is 0 Å². The summed E-state index contributed by atoms with van der Waals surface area (Å²) in [5.41, 5.74) is 3.43. The fraction of sp³-hybridized carbons (Fsp3) is 0.261. The van der Waals surface area contributed by atoms with Gasteiger partial charge in [-0.1, -0.05) is 30.4 Å². The van der Waals surface area contributed by atoms with Crippen LogP contribution in [0.15, 0.2) is 60.7 Å². The van der Waals surface area contributed by atoms with E-state index in [1.165, 1.54) is 4.90 Å². The number of aromatic nitrogens is 2. The third-order valence-electron chi connectivity index (χ3n) is 6.55. The molecule has 2 heterocycles. The number of fused-ring (bicyclic) bond motifs is 6. The average molecular weight is 369 g/mol. The molecule has 0 unspecified atom stereocenters. The number of carbonyl (C=O) groups is 2. The minimum atomic E-state index is -0.179. The minimum Gasteiger partial charge on any atom is -0.297 e. The van der Waals surface area contributed by atoms with Gasteiger partial charge in [0.1, 0.15) is 5.82 Å². The van der Waals surface area contributed by atoms with Crippen LogP contribution < -0.4 is 4.90 Å². The van der Waals surface area contributed by atoms with E-state index in [-0.39, 0.29) is 35.5 Å². The quantitative estimate of drug-likeness (QED) is 0.512. The van der Waals surface area contributed by atoms with Gasteiger partial charge in [0.05, 0.1) is 28.6 Å². The second-order valence-corrected chi connectivity index (χ2v) is 8.01. The Balaban J connectivity index is 1.44. The third-order valence-corrected chi connectivity index (χ3v) is 6.55. The molecule has 1 saturated carbocycles. The van der Waals surface area contributed by atoms with Crippen LogP contribution in [0.1, 0.15) is 12.2 Å². The first-order chi connectivity index (χ1) is 13.6. The molecule has 0 radical (unpaired) electrons. The maximum Gasteiger partial charge on any atom is 0.238 e. The number of imide groups is 1. The smallest absolute Gasteiger partial charge is 0.238 e. The number of rotatable bonds is 2. The number of hydrogen-bond acceptors (Lipinski definition) is 3. The first-order valence-electron chi connectivity index (χ1n) is 9.74. The fourth-order valence-electron chi connectivity index (χ4n) is 5.39. The molecule has 138 valence electrons. The van der Waals surface area contributed by atoms with Crippen LogP contribution in [0, 0.1) is 30.6 Å². The molecule has 0 spiro atoms. The molecule has 2 amide bonds. The molecule has 5 heteroatoms. The van der Waals surface area contributed by atoms with Crippen LogP contribution >= 0.6 is 0 Å². The molecule has 1 aromatic heterocycles. The van der Waals surface area contributed by atoms with E-state index in [1.54, 1.807) is 0 Å². The molecule has 1 saturated heterocycles. The molecular formula is C23H19N3O2. The number of imidazole rings is 1. The van der Waals surface area contributed by atoms with Crippen molar-refractivity contribution in [3.05, 3.63) is 66.5 Å².